The summed E-state index contributed by atoms with van der Waals surface area (Å²) in [6.45, 7) is 1.37. The number of Topliss-reactive ketones (excluding diaryl/α,β-unsaturated/α-hetero) is 1. The molecule has 0 bridgehead atoms. The van der Waals surface area contributed by atoms with Crippen molar-refractivity contribution in [2.75, 3.05) is 0 Å². The van der Waals surface area contributed by atoms with Crippen LogP contribution in [-0.4, -0.2) is 33.4 Å². The monoisotopic (exact) mass is 252 g/mol. The van der Waals surface area contributed by atoms with Gasteiger partial charge in [0.25, 0.3) is 0 Å². The number of nitrogens with one attached hydrogen (secondary N) is 1. The maximum Gasteiger partial charge on any atom is 0.325 e. The summed E-state index contributed by atoms with van der Waals surface area (Å²) < 4.78 is 1.75. The molecule has 18 heavy (non-hydrogen) atoms. The molecule has 6 heteroatoms. The van der Waals surface area contributed by atoms with E-state index >= 15 is 0 Å². The first-order valence-electron chi connectivity index (χ1n) is 5.57. The molecule has 98 valence electrons. The Balaban J connectivity index is 2.39. The van der Waals surface area contributed by atoms with E-state index in [4.69, 9.17) is 5.11 Å². The molecule has 0 radical (unpaired) electrons. The third kappa shape index (κ3) is 4.04. The third-order valence-corrected chi connectivity index (χ3v) is 2.48. The summed E-state index contributed by atoms with van der Waals surface area (Å²) in [6, 6.07) is 0.740. The SMILES string of the molecule is CC(NC(=O)CCC(=O)c1ccn(C)c1)C(=O)O. The zero-order valence-corrected chi connectivity index (χ0v) is 10.3. The largest absolute Gasteiger partial charge is 0.480 e. The smallest absolute Gasteiger partial charge is 0.325 e. The highest BCUT2D eigenvalue weighted by Gasteiger charge is 2.15. The molecule has 0 saturated heterocycles. The Bertz CT molecular complexity index is 464. The van der Waals surface area contributed by atoms with Gasteiger partial charge in [-0.2, -0.15) is 0 Å². The van der Waals surface area contributed by atoms with Crippen LogP contribution in [0.1, 0.15) is 30.1 Å². The fraction of sp³-hybridized carbons (Fsp3) is 0.417. The first-order valence-corrected chi connectivity index (χ1v) is 5.57. The lowest BCUT2D eigenvalue weighted by Crippen LogP contribution is -2.38. The van der Waals surface area contributed by atoms with Crippen LogP contribution in [0.15, 0.2) is 18.5 Å². The number of ketones is 1. The molecule has 0 aliphatic carbocycles. The Kier molecular flexibility index (Phi) is 4.65. The van der Waals surface area contributed by atoms with Crippen molar-refractivity contribution >= 4 is 17.7 Å². The molecule has 1 atom stereocenters. The van der Waals surface area contributed by atoms with E-state index < -0.39 is 17.9 Å². The molecule has 0 spiro atoms. The molecular weight excluding hydrogens is 236 g/mol. The Morgan fingerprint density at radius 2 is 2.06 bits per heavy atom. The second-order valence-corrected chi connectivity index (χ2v) is 4.12. The van der Waals surface area contributed by atoms with Gasteiger partial charge in [0.2, 0.25) is 5.91 Å². The molecule has 0 aliphatic heterocycles. The lowest BCUT2D eigenvalue weighted by molar-refractivity contribution is -0.141. The Morgan fingerprint density at radius 3 is 2.56 bits per heavy atom. The molecule has 1 amide bonds. The van der Waals surface area contributed by atoms with Crippen LogP contribution in [0.3, 0.4) is 0 Å². The van der Waals surface area contributed by atoms with Gasteiger partial charge in [-0.05, 0) is 13.0 Å². The average molecular weight is 252 g/mol. The lowest BCUT2D eigenvalue weighted by atomic mass is 10.1. The van der Waals surface area contributed by atoms with Crippen LogP contribution in [0.4, 0.5) is 0 Å². The van der Waals surface area contributed by atoms with Crippen molar-refractivity contribution < 1.29 is 19.5 Å². The molecular formula is C12H16N2O4. The van der Waals surface area contributed by atoms with E-state index in [1.165, 1.54) is 6.92 Å². The lowest BCUT2D eigenvalue weighted by Gasteiger charge is -2.08. The van der Waals surface area contributed by atoms with Gasteiger partial charge in [-0.1, -0.05) is 0 Å². The van der Waals surface area contributed by atoms with Crippen LogP contribution in [0.25, 0.3) is 0 Å². The number of carbonyl (C=O) groups is 3. The number of carboxylic acid groups (broad SMARTS) is 1. The van der Waals surface area contributed by atoms with Crippen LogP contribution < -0.4 is 5.32 Å². The van der Waals surface area contributed by atoms with E-state index in [-0.39, 0.29) is 18.6 Å². The van der Waals surface area contributed by atoms with Crippen LogP contribution in [0.5, 0.6) is 0 Å². The van der Waals surface area contributed by atoms with E-state index in [2.05, 4.69) is 5.32 Å². The number of aryl methyl sites for hydroxylation is 1. The van der Waals surface area contributed by atoms with Crippen molar-refractivity contribution in [2.24, 2.45) is 7.05 Å². The molecule has 0 aromatic carbocycles. The topological polar surface area (TPSA) is 88.4 Å². The predicted molar refractivity (Wildman–Crippen MR) is 64.2 cm³/mol. The van der Waals surface area contributed by atoms with Gasteiger partial charge in [-0.15, -0.1) is 0 Å². The summed E-state index contributed by atoms with van der Waals surface area (Å²) in [5.74, 6) is -1.67. The highest BCUT2D eigenvalue weighted by Crippen LogP contribution is 2.05. The molecule has 2 N–H and O–H groups in total. The molecule has 1 aromatic rings. The Labute approximate surface area is 105 Å². The van der Waals surface area contributed by atoms with Gasteiger partial charge < -0.3 is 15.0 Å². The van der Waals surface area contributed by atoms with E-state index in [1.807, 2.05) is 0 Å². The third-order valence-electron chi connectivity index (χ3n) is 2.48. The van der Waals surface area contributed by atoms with Gasteiger partial charge in [0.15, 0.2) is 5.78 Å². The van der Waals surface area contributed by atoms with Crippen molar-refractivity contribution in [3.8, 4) is 0 Å². The van der Waals surface area contributed by atoms with Gasteiger partial charge in [0, 0.05) is 37.8 Å². The second-order valence-electron chi connectivity index (χ2n) is 4.12. The second kappa shape index (κ2) is 6.00. The number of hydrogen-bond acceptors (Lipinski definition) is 3. The number of amides is 1. The quantitative estimate of drug-likeness (QED) is 0.725. The van der Waals surface area contributed by atoms with E-state index in [1.54, 1.807) is 30.1 Å². The summed E-state index contributed by atoms with van der Waals surface area (Å²) in [7, 11) is 1.80. The first-order chi connectivity index (χ1) is 8.40. The Morgan fingerprint density at radius 1 is 1.39 bits per heavy atom. The summed E-state index contributed by atoms with van der Waals surface area (Å²) in [4.78, 5) is 33.6. The average Bonchev–Trinajstić information content (AvgIpc) is 2.72. The molecule has 0 aliphatic rings. The molecule has 1 aromatic heterocycles. The minimum Gasteiger partial charge on any atom is -0.480 e. The van der Waals surface area contributed by atoms with E-state index in [0.29, 0.717) is 5.56 Å². The normalized spacial score (nSPS) is 11.9. The highest BCUT2D eigenvalue weighted by atomic mass is 16.4. The van der Waals surface area contributed by atoms with Crippen molar-refractivity contribution in [2.45, 2.75) is 25.8 Å². The van der Waals surface area contributed by atoms with Crippen molar-refractivity contribution in [3.05, 3.63) is 24.0 Å². The summed E-state index contributed by atoms with van der Waals surface area (Å²) in [5, 5.41) is 10.9. The van der Waals surface area contributed by atoms with Crippen LogP contribution in [-0.2, 0) is 16.6 Å². The van der Waals surface area contributed by atoms with Crippen molar-refractivity contribution in [1.29, 1.82) is 0 Å². The zero-order chi connectivity index (χ0) is 13.7. The minimum absolute atomic E-state index is 0.00858. The number of hydrogen-bond donors (Lipinski definition) is 2. The summed E-state index contributed by atoms with van der Waals surface area (Å²) in [6.07, 6.45) is 3.49. The van der Waals surface area contributed by atoms with Gasteiger partial charge in [0.1, 0.15) is 6.04 Å². The van der Waals surface area contributed by atoms with Gasteiger partial charge in [-0.25, -0.2) is 0 Å². The molecule has 6 nitrogen and oxygen atoms in total. The number of carboxylic acids is 1. The number of aliphatic carboxylic acids is 1. The number of aromatic nitrogens is 1. The molecule has 0 fully saturated rings. The van der Waals surface area contributed by atoms with Gasteiger partial charge in [0.05, 0.1) is 0 Å². The number of rotatable bonds is 6. The van der Waals surface area contributed by atoms with Gasteiger partial charge in [-0.3, -0.25) is 14.4 Å². The molecule has 1 unspecified atom stereocenters. The predicted octanol–water partition coefficient (Wildman–Crippen LogP) is 0.577. The molecule has 1 rings (SSSR count). The zero-order valence-electron chi connectivity index (χ0n) is 10.3. The van der Waals surface area contributed by atoms with E-state index in [0.717, 1.165) is 0 Å². The fourth-order valence-electron chi connectivity index (χ4n) is 1.42. The standard InChI is InChI=1S/C12H16N2O4/c1-8(12(17)18)13-11(16)4-3-10(15)9-5-6-14(2)7-9/h5-8H,3-4H2,1-2H3,(H,13,16)(H,17,18). The number of carbonyl (C=O) groups excluding carboxylic acids is 2. The Hall–Kier alpha value is -2.11. The highest BCUT2D eigenvalue weighted by molar-refractivity contribution is 5.98. The van der Waals surface area contributed by atoms with Crippen LogP contribution in [0, 0.1) is 0 Å². The summed E-state index contributed by atoms with van der Waals surface area (Å²) >= 11 is 0. The fourth-order valence-corrected chi connectivity index (χ4v) is 1.42. The minimum atomic E-state index is -1.10. The van der Waals surface area contributed by atoms with Crippen molar-refractivity contribution in [3.63, 3.8) is 0 Å². The van der Waals surface area contributed by atoms with Gasteiger partial charge >= 0.3 is 5.97 Å². The number of nitrogens with zero attached hydrogens (tertiary/aromatic N) is 1. The van der Waals surface area contributed by atoms with Crippen LogP contribution >= 0.6 is 0 Å². The maximum atomic E-state index is 11.7. The van der Waals surface area contributed by atoms with Crippen molar-refractivity contribution in [1.82, 2.24) is 9.88 Å². The molecule has 0 saturated carbocycles. The summed E-state index contributed by atoms with van der Waals surface area (Å²) in [5.41, 5.74) is 0.552. The van der Waals surface area contributed by atoms with E-state index in [9.17, 15) is 14.4 Å². The maximum absolute atomic E-state index is 11.7. The first kappa shape index (κ1) is 14.0. The molecule has 1 heterocycles. The van der Waals surface area contributed by atoms with Crippen LogP contribution in [0.2, 0.25) is 0 Å².